The molecule has 0 saturated heterocycles. The van der Waals surface area contributed by atoms with E-state index in [1.807, 2.05) is 6.20 Å². The fraction of sp³-hybridized carbons (Fsp3) is 0.250. The minimum Gasteiger partial charge on any atom is -0.343 e. The van der Waals surface area contributed by atoms with Crippen molar-refractivity contribution in [1.29, 1.82) is 0 Å². The maximum Gasteiger partial charge on any atom is 0.177 e. The molecular weight excluding hydrogens is 248 g/mol. The monoisotopic (exact) mass is 266 g/mol. The third-order valence-corrected chi connectivity index (χ3v) is 3.75. The number of nitrogens with one attached hydrogen (secondary N) is 1. The van der Waals surface area contributed by atoms with Crippen LogP contribution in [-0.4, -0.2) is 33.9 Å². The van der Waals surface area contributed by atoms with Crippen LogP contribution >= 0.6 is 0 Å². The van der Waals surface area contributed by atoms with Gasteiger partial charge in [0.1, 0.15) is 0 Å². The van der Waals surface area contributed by atoms with Gasteiger partial charge in [-0.15, -0.1) is 0 Å². The van der Waals surface area contributed by atoms with Crippen molar-refractivity contribution < 1.29 is 0 Å². The summed E-state index contributed by atoms with van der Waals surface area (Å²) < 4.78 is 0. The lowest BCUT2D eigenvalue weighted by Gasteiger charge is -2.20. The normalized spacial score (nSPS) is 13.0. The number of H-pyrrole nitrogens is 1. The molecule has 0 amide bonds. The molecule has 0 spiro atoms. The summed E-state index contributed by atoms with van der Waals surface area (Å²) in [7, 11) is 4.19. The topological polar surface area (TPSA) is 44.8 Å². The van der Waals surface area contributed by atoms with Crippen LogP contribution in [0.25, 0.3) is 22.3 Å². The SMILES string of the molecule is C[C@H](c1cccc(-c2cnc3nc[nH]c3c2)c1)N(C)C. The van der Waals surface area contributed by atoms with Gasteiger partial charge in [0.25, 0.3) is 0 Å². The van der Waals surface area contributed by atoms with Crippen molar-refractivity contribution >= 4 is 11.2 Å². The van der Waals surface area contributed by atoms with Gasteiger partial charge in [-0.3, -0.25) is 0 Å². The Hall–Kier alpha value is -2.20. The summed E-state index contributed by atoms with van der Waals surface area (Å²) in [6.45, 7) is 2.20. The van der Waals surface area contributed by atoms with Crippen LogP contribution in [0.3, 0.4) is 0 Å². The van der Waals surface area contributed by atoms with Gasteiger partial charge in [0.2, 0.25) is 0 Å². The van der Waals surface area contributed by atoms with Gasteiger partial charge in [-0.2, -0.15) is 0 Å². The second-order valence-electron chi connectivity index (χ2n) is 5.26. The van der Waals surface area contributed by atoms with Gasteiger partial charge in [-0.05, 0) is 44.3 Å². The van der Waals surface area contributed by atoms with E-state index in [0.29, 0.717) is 6.04 Å². The molecule has 2 aromatic heterocycles. The van der Waals surface area contributed by atoms with Crippen LogP contribution in [0.4, 0.5) is 0 Å². The molecule has 1 N–H and O–H groups in total. The average molecular weight is 266 g/mol. The highest BCUT2D eigenvalue weighted by Gasteiger charge is 2.09. The van der Waals surface area contributed by atoms with E-state index >= 15 is 0 Å². The third kappa shape index (κ3) is 2.30. The van der Waals surface area contributed by atoms with Crippen molar-refractivity contribution in [3.05, 3.63) is 48.4 Å². The van der Waals surface area contributed by atoms with E-state index in [1.54, 1.807) is 6.33 Å². The first-order chi connectivity index (χ1) is 9.65. The summed E-state index contributed by atoms with van der Waals surface area (Å²) in [4.78, 5) is 13.8. The third-order valence-electron chi connectivity index (χ3n) is 3.75. The Morgan fingerprint density at radius 1 is 1.10 bits per heavy atom. The first-order valence-corrected chi connectivity index (χ1v) is 6.71. The van der Waals surface area contributed by atoms with Gasteiger partial charge < -0.3 is 9.88 Å². The summed E-state index contributed by atoms with van der Waals surface area (Å²) in [6.07, 6.45) is 3.55. The van der Waals surface area contributed by atoms with E-state index in [4.69, 9.17) is 0 Å². The highest BCUT2D eigenvalue weighted by molar-refractivity contribution is 5.77. The molecule has 0 aliphatic heterocycles. The van der Waals surface area contributed by atoms with E-state index in [1.165, 1.54) is 11.1 Å². The lowest BCUT2D eigenvalue weighted by atomic mass is 10.0. The standard InChI is InChI=1S/C16H18N4/c1-11(20(2)3)12-5-4-6-13(7-12)14-8-15-16(17-9-14)19-10-18-15/h4-11H,1-3H3,(H,17,18,19)/t11-/m1/s1. The van der Waals surface area contributed by atoms with Crippen LogP contribution in [0.1, 0.15) is 18.5 Å². The van der Waals surface area contributed by atoms with Crippen LogP contribution in [0, 0.1) is 0 Å². The van der Waals surface area contributed by atoms with Gasteiger partial charge in [-0.1, -0.05) is 18.2 Å². The average Bonchev–Trinajstić information content (AvgIpc) is 2.93. The molecule has 20 heavy (non-hydrogen) atoms. The molecule has 0 saturated carbocycles. The molecule has 0 fully saturated rings. The molecule has 4 heteroatoms. The molecule has 0 radical (unpaired) electrons. The van der Waals surface area contributed by atoms with E-state index in [-0.39, 0.29) is 0 Å². The van der Waals surface area contributed by atoms with Crippen molar-refractivity contribution in [3.8, 4) is 11.1 Å². The fourth-order valence-corrected chi connectivity index (χ4v) is 2.26. The second-order valence-corrected chi connectivity index (χ2v) is 5.26. The first kappa shape index (κ1) is 12.8. The number of fused-ring (bicyclic) bond motifs is 1. The Morgan fingerprint density at radius 3 is 2.75 bits per heavy atom. The van der Waals surface area contributed by atoms with E-state index in [0.717, 1.165) is 16.7 Å². The Kier molecular flexibility index (Phi) is 3.24. The lowest BCUT2D eigenvalue weighted by molar-refractivity contribution is 0.321. The predicted molar refractivity (Wildman–Crippen MR) is 81.4 cm³/mol. The van der Waals surface area contributed by atoms with Crippen molar-refractivity contribution in [2.24, 2.45) is 0 Å². The van der Waals surface area contributed by atoms with Crippen LogP contribution in [0.15, 0.2) is 42.9 Å². The fourth-order valence-electron chi connectivity index (χ4n) is 2.26. The van der Waals surface area contributed by atoms with Gasteiger partial charge >= 0.3 is 0 Å². The second kappa shape index (κ2) is 5.06. The first-order valence-electron chi connectivity index (χ1n) is 6.71. The molecule has 3 aromatic rings. The van der Waals surface area contributed by atoms with Crippen molar-refractivity contribution in [3.63, 3.8) is 0 Å². The number of benzene rings is 1. The number of aromatic nitrogens is 3. The Morgan fingerprint density at radius 2 is 1.95 bits per heavy atom. The number of imidazole rings is 1. The summed E-state index contributed by atoms with van der Waals surface area (Å²) in [6, 6.07) is 11.1. The maximum absolute atomic E-state index is 4.37. The summed E-state index contributed by atoms with van der Waals surface area (Å²) >= 11 is 0. The number of hydrogen-bond donors (Lipinski definition) is 1. The van der Waals surface area contributed by atoms with Crippen LogP contribution < -0.4 is 0 Å². The number of nitrogens with zero attached hydrogens (tertiary/aromatic N) is 3. The molecule has 102 valence electrons. The van der Waals surface area contributed by atoms with E-state index in [2.05, 4.69) is 71.2 Å². The molecule has 0 bridgehead atoms. The quantitative estimate of drug-likeness (QED) is 0.791. The maximum atomic E-state index is 4.37. The molecule has 0 aliphatic rings. The molecule has 1 atom stereocenters. The molecule has 1 aromatic carbocycles. The van der Waals surface area contributed by atoms with Gasteiger partial charge in [0, 0.05) is 17.8 Å². The minimum atomic E-state index is 0.388. The molecule has 0 aliphatic carbocycles. The molecule has 2 heterocycles. The number of aromatic amines is 1. The Balaban J connectivity index is 2.03. The zero-order valence-electron chi connectivity index (χ0n) is 12.0. The molecule has 0 unspecified atom stereocenters. The van der Waals surface area contributed by atoms with Gasteiger partial charge in [0.05, 0.1) is 11.8 Å². The highest BCUT2D eigenvalue weighted by Crippen LogP contribution is 2.25. The largest absolute Gasteiger partial charge is 0.343 e. The van der Waals surface area contributed by atoms with E-state index in [9.17, 15) is 0 Å². The van der Waals surface area contributed by atoms with Crippen LogP contribution in [0.2, 0.25) is 0 Å². The molecule has 3 rings (SSSR count). The Labute approximate surface area is 118 Å². The van der Waals surface area contributed by atoms with Gasteiger partial charge in [-0.25, -0.2) is 9.97 Å². The van der Waals surface area contributed by atoms with Crippen LogP contribution in [0.5, 0.6) is 0 Å². The Bertz CT molecular complexity index is 730. The number of rotatable bonds is 3. The zero-order valence-corrected chi connectivity index (χ0v) is 12.0. The summed E-state index contributed by atoms with van der Waals surface area (Å²) in [5, 5.41) is 0. The predicted octanol–water partition coefficient (Wildman–Crippen LogP) is 3.25. The molecular formula is C16H18N4. The minimum absolute atomic E-state index is 0.388. The lowest BCUT2D eigenvalue weighted by Crippen LogP contribution is -2.16. The molecule has 4 nitrogen and oxygen atoms in total. The van der Waals surface area contributed by atoms with Crippen molar-refractivity contribution in [1.82, 2.24) is 19.9 Å². The highest BCUT2D eigenvalue weighted by atomic mass is 15.1. The number of pyridine rings is 1. The van der Waals surface area contributed by atoms with Crippen molar-refractivity contribution in [2.75, 3.05) is 14.1 Å². The number of hydrogen-bond acceptors (Lipinski definition) is 3. The zero-order chi connectivity index (χ0) is 14.1. The van der Waals surface area contributed by atoms with Crippen LogP contribution in [-0.2, 0) is 0 Å². The summed E-state index contributed by atoms with van der Waals surface area (Å²) in [5.41, 5.74) is 5.31. The smallest absolute Gasteiger partial charge is 0.177 e. The van der Waals surface area contributed by atoms with E-state index < -0.39 is 0 Å². The van der Waals surface area contributed by atoms with Gasteiger partial charge in [0.15, 0.2) is 5.65 Å². The van der Waals surface area contributed by atoms with Crippen molar-refractivity contribution in [2.45, 2.75) is 13.0 Å². The summed E-state index contributed by atoms with van der Waals surface area (Å²) in [5.74, 6) is 0.